The standard InChI is InChI=1S/C20H19N3O2S/c1-12-10-16(12)17-9-8-15(25-17)11-21-23-19(24)18-13(2)22-20(26-18)14-6-4-3-5-7-14/h3-9,11-12,16H,10H2,1-2H3,(H,23,24)/b21-11-/t12-,16+/m1/s1. The fraction of sp³-hybridized carbons (Fsp3) is 0.250. The Kier molecular flexibility index (Phi) is 4.42. The Bertz CT molecular complexity index is 959. The molecule has 0 radical (unpaired) electrons. The number of carbonyl (C=O) groups excluding carboxylic acids is 1. The van der Waals surface area contributed by atoms with Crippen LogP contribution in [0.5, 0.6) is 0 Å². The van der Waals surface area contributed by atoms with E-state index in [2.05, 4.69) is 22.4 Å². The first-order valence-electron chi connectivity index (χ1n) is 8.58. The van der Waals surface area contributed by atoms with Gasteiger partial charge < -0.3 is 4.42 Å². The zero-order valence-electron chi connectivity index (χ0n) is 14.6. The highest BCUT2D eigenvalue weighted by Crippen LogP contribution is 2.47. The largest absolute Gasteiger partial charge is 0.460 e. The highest BCUT2D eigenvalue weighted by molar-refractivity contribution is 7.17. The molecule has 6 heteroatoms. The van der Waals surface area contributed by atoms with Crippen LogP contribution in [0.15, 0.2) is 52.0 Å². The van der Waals surface area contributed by atoms with Crippen LogP contribution in [0.25, 0.3) is 10.6 Å². The molecule has 2 heterocycles. The van der Waals surface area contributed by atoms with Crippen molar-refractivity contribution in [2.75, 3.05) is 0 Å². The molecule has 2 aromatic heterocycles. The van der Waals surface area contributed by atoms with E-state index in [0.717, 1.165) is 16.3 Å². The van der Waals surface area contributed by atoms with Crippen LogP contribution in [-0.4, -0.2) is 17.1 Å². The van der Waals surface area contributed by atoms with Gasteiger partial charge >= 0.3 is 0 Å². The van der Waals surface area contributed by atoms with Crippen molar-refractivity contribution >= 4 is 23.5 Å². The van der Waals surface area contributed by atoms with Crippen LogP contribution in [-0.2, 0) is 0 Å². The van der Waals surface area contributed by atoms with E-state index < -0.39 is 0 Å². The molecule has 0 aliphatic heterocycles. The Morgan fingerprint density at radius 1 is 1.31 bits per heavy atom. The molecule has 0 spiro atoms. The highest BCUT2D eigenvalue weighted by atomic mass is 32.1. The molecule has 1 saturated carbocycles. The maximum absolute atomic E-state index is 12.4. The number of amides is 1. The van der Waals surface area contributed by atoms with Crippen LogP contribution in [0.4, 0.5) is 0 Å². The number of hydrogen-bond donors (Lipinski definition) is 1. The van der Waals surface area contributed by atoms with E-state index in [-0.39, 0.29) is 5.91 Å². The van der Waals surface area contributed by atoms with Gasteiger partial charge in [-0.2, -0.15) is 5.10 Å². The van der Waals surface area contributed by atoms with Crippen molar-refractivity contribution in [2.24, 2.45) is 11.0 Å². The maximum Gasteiger partial charge on any atom is 0.283 e. The van der Waals surface area contributed by atoms with Gasteiger partial charge in [-0.05, 0) is 31.4 Å². The minimum absolute atomic E-state index is 0.263. The molecular weight excluding hydrogens is 346 g/mol. The summed E-state index contributed by atoms with van der Waals surface area (Å²) in [5.74, 6) is 2.60. The zero-order valence-corrected chi connectivity index (χ0v) is 15.4. The number of furan rings is 1. The van der Waals surface area contributed by atoms with Crippen LogP contribution in [0.2, 0.25) is 0 Å². The number of thiazole rings is 1. The van der Waals surface area contributed by atoms with E-state index >= 15 is 0 Å². The van der Waals surface area contributed by atoms with Gasteiger partial charge in [0.25, 0.3) is 5.91 Å². The molecule has 132 valence electrons. The van der Waals surface area contributed by atoms with Gasteiger partial charge in [-0.15, -0.1) is 11.3 Å². The number of hydrogen-bond acceptors (Lipinski definition) is 5. The molecule has 1 aliphatic rings. The van der Waals surface area contributed by atoms with Crippen molar-refractivity contribution in [3.05, 3.63) is 64.6 Å². The normalized spacial score (nSPS) is 19.0. The molecule has 1 N–H and O–H groups in total. The first kappa shape index (κ1) is 16.7. The second-order valence-corrected chi connectivity index (χ2v) is 7.56. The number of benzene rings is 1. The Morgan fingerprint density at radius 2 is 2.08 bits per heavy atom. The van der Waals surface area contributed by atoms with E-state index in [1.165, 1.54) is 24.0 Å². The molecular formula is C20H19N3O2S. The van der Waals surface area contributed by atoms with E-state index in [0.29, 0.717) is 28.2 Å². The van der Waals surface area contributed by atoms with Crippen molar-refractivity contribution in [1.82, 2.24) is 10.4 Å². The third-order valence-electron chi connectivity index (χ3n) is 4.50. The molecule has 1 aliphatic carbocycles. The number of nitrogens with zero attached hydrogens (tertiary/aromatic N) is 2. The Morgan fingerprint density at radius 3 is 2.81 bits per heavy atom. The number of hydrazone groups is 1. The number of rotatable bonds is 5. The predicted molar refractivity (Wildman–Crippen MR) is 103 cm³/mol. The summed E-state index contributed by atoms with van der Waals surface area (Å²) in [5, 5.41) is 4.84. The molecule has 5 nitrogen and oxygen atoms in total. The van der Waals surface area contributed by atoms with Gasteiger partial charge in [0.15, 0.2) is 0 Å². The molecule has 4 rings (SSSR count). The third-order valence-corrected chi connectivity index (χ3v) is 5.71. The van der Waals surface area contributed by atoms with Crippen LogP contribution < -0.4 is 5.43 Å². The lowest BCUT2D eigenvalue weighted by Crippen LogP contribution is -2.17. The fourth-order valence-electron chi connectivity index (χ4n) is 2.87. The lowest BCUT2D eigenvalue weighted by Gasteiger charge is -1.96. The molecule has 0 bridgehead atoms. The van der Waals surface area contributed by atoms with E-state index in [9.17, 15) is 4.79 Å². The molecule has 26 heavy (non-hydrogen) atoms. The molecule has 0 unspecified atom stereocenters. The first-order chi connectivity index (χ1) is 12.6. The van der Waals surface area contributed by atoms with Crippen LogP contribution in [0.3, 0.4) is 0 Å². The minimum atomic E-state index is -0.263. The summed E-state index contributed by atoms with van der Waals surface area (Å²) in [4.78, 5) is 17.4. The minimum Gasteiger partial charge on any atom is -0.460 e. The van der Waals surface area contributed by atoms with E-state index in [1.807, 2.05) is 49.4 Å². The van der Waals surface area contributed by atoms with Crippen molar-refractivity contribution in [3.63, 3.8) is 0 Å². The molecule has 2 atom stereocenters. The van der Waals surface area contributed by atoms with Gasteiger partial charge in [0, 0.05) is 11.5 Å². The molecule has 0 saturated heterocycles. The summed E-state index contributed by atoms with van der Waals surface area (Å²) < 4.78 is 5.74. The van der Waals surface area contributed by atoms with Crippen LogP contribution in [0.1, 0.15) is 46.1 Å². The summed E-state index contributed by atoms with van der Waals surface area (Å²) in [6, 6.07) is 13.7. The van der Waals surface area contributed by atoms with E-state index in [1.54, 1.807) is 0 Å². The summed E-state index contributed by atoms with van der Waals surface area (Å²) in [6.07, 6.45) is 2.71. The Labute approximate surface area is 155 Å². The number of aromatic nitrogens is 1. The summed E-state index contributed by atoms with van der Waals surface area (Å²) in [5.41, 5.74) is 4.26. The Balaban J connectivity index is 1.42. The third kappa shape index (κ3) is 3.46. The van der Waals surface area contributed by atoms with Crippen molar-refractivity contribution < 1.29 is 9.21 Å². The van der Waals surface area contributed by atoms with Gasteiger partial charge in [-0.3, -0.25) is 4.79 Å². The summed E-state index contributed by atoms with van der Waals surface area (Å²) in [6.45, 7) is 4.04. The highest BCUT2D eigenvalue weighted by Gasteiger charge is 2.36. The molecule has 1 amide bonds. The predicted octanol–water partition coefficient (Wildman–Crippen LogP) is 4.60. The van der Waals surface area contributed by atoms with Gasteiger partial charge in [0.1, 0.15) is 21.4 Å². The number of nitrogens with one attached hydrogen (secondary N) is 1. The second kappa shape index (κ2) is 6.88. The fourth-order valence-corrected chi connectivity index (χ4v) is 3.83. The topological polar surface area (TPSA) is 67.5 Å². The summed E-state index contributed by atoms with van der Waals surface area (Å²) in [7, 11) is 0. The molecule has 1 aromatic carbocycles. The Hall–Kier alpha value is -2.73. The monoisotopic (exact) mass is 365 g/mol. The van der Waals surface area contributed by atoms with Gasteiger partial charge in [0.2, 0.25) is 0 Å². The quantitative estimate of drug-likeness (QED) is 0.531. The summed E-state index contributed by atoms with van der Waals surface area (Å²) >= 11 is 1.36. The van der Waals surface area contributed by atoms with Crippen molar-refractivity contribution in [2.45, 2.75) is 26.2 Å². The zero-order chi connectivity index (χ0) is 18.1. The smallest absolute Gasteiger partial charge is 0.283 e. The lowest BCUT2D eigenvalue weighted by atomic mass is 10.2. The average molecular weight is 365 g/mol. The van der Waals surface area contributed by atoms with Gasteiger partial charge in [0.05, 0.1) is 11.9 Å². The van der Waals surface area contributed by atoms with E-state index in [4.69, 9.17) is 4.42 Å². The van der Waals surface area contributed by atoms with Crippen molar-refractivity contribution in [1.29, 1.82) is 0 Å². The lowest BCUT2D eigenvalue weighted by molar-refractivity contribution is 0.0958. The van der Waals surface area contributed by atoms with Gasteiger partial charge in [-0.25, -0.2) is 10.4 Å². The number of carbonyl (C=O) groups is 1. The van der Waals surface area contributed by atoms with Crippen LogP contribution in [0, 0.1) is 12.8 Å². The molecule has 1 fully saturated rings. The first-order valence-corrected chi connectivity index (χ1v) is 9.39. The maximum atomic E-state index is 12.4. The average Bonchev–Trinajstić information content (AvgIpc) is 3.05. The second-order valence-electron chi connectivity index (χ2n) is 6.56. The van der Waals surface area contributed by atoms with Crippen molar-refractivity contribution in [3.8, 4) is 10.6 Å². The SMILES string of the molecule is Cc1nc(-c2ccccc2)sc1C(=O)N/N=C\c1ccc([C@H]2C[C@H]2C)o1. The molecule has 3 aromatic rings. The van der Waals surface area contributed by atoms with Gasteiger partial charge in [-0.1, -0.05) is 37.3 Å². The number of aryl methyl sites for hydroxylation is 1. The van der Waals surface area contributed by atoms with Crippen LogP contribution >= 0.6 is 11.3 Å².